The summed E-state index contributed by atoms with van der Waals surface area (Å²) >= 11 is 0. The van der Waals surface area contributed by atoms with Crippen molar-refractivity contribution in [2.75, 3.05) is 18.6 Å². The summed E-state index contributed by atoms with van der Waals surface area (Å²) in [6.07, 6.45) is 0.475. The number of ether oxygens (including phenoxy) is 1. The average Bonchev–Trinajstić information content (AvgIpc) is 2.86. The Morgan fingerprint density at radius 2 is 2.08 bits per heavy atom. The van der Waals surface area contributed by atoms with Crippen molar-refractivity contribution in [3.63, 3.8) is 0 Å². The highest BCUT2D eigenvalue weighted by Crippen LogP contribution is 2.22. The summed E-state index contributed by atoms with van der Waals surface area (Å²) in [5.41, 5.74) is 1.87. The largest absolute Gasteiger partial charge is 0.467 e. The van der Waals surface area contributed by atoms with Crippen LogP contribution in [0.4, 0.5) is 0 Å². The topological polar surface area (TPSA) is 80.8 Å². The van der Waals surface area contributed by atoms with Crippen molar-refractivity contribution in [2.24, 2.45) is 0 Å². The minimum Gasteiger partial charge on any atom is -0.467 e. The molecule has 1 amide bonds. The SMILES string of the molecule is COC(=O)[C@@H](C)N(C(=O)Cc1cccc(C)c1)[C@@H]1CCS(=O)(=O)C1. The molecule has 132 valence electrons. The lowest BCUT2D eigenvalue weighted by Gasteiger charge is -2.32. The number of amides is 1. The van der Waals surface area contributed by atoms with Crippen molar-refractivity contribution >= 4 is 21.7 Å². The molecular weight excluding hydrogens is 330 g/mol. The summed E-state index contributed by atoms with van der Waals surface area (Å²) in [6, 6.07) is 6.26. The average molecular weight is 353 g/mol. The van der Waals surface area contributed by atoms with Gasteiger partial charge in [0, 0.05) is 6.04 Å². The van der Waals surface area contributed by atoms with Crippen LogP contribution >= 0.6 is 0 Å². The summed E-state index contributed by atoms with van der Waals surface area (Å²) in [5.74, 6) is -0.870. The molecule has 1 saturated heterocycles. The third-order valence-electron chi connectivity index (χ3n) is 4.29. The lowest BCUT2D eigenvalue weighted by atomic mass is 10.1. The Kier molecular flexibility index (Phi) is 5.64. The molecule has 1 aromatic carbocycles. The van der Waals surface area contributed by atoms with E-state index in [2.05, 4.69) is 0 Å². The fourth-order valence-corrected chi connectivity index (χ4v) is 4.81. The number of carbonyl (C=O) groups excluding carboxylic acids is 2. The van der Waals surface area contributed by atoms with Gasteiger partial charge in [-0.3, -0.25) is 4.79 Å². The highest BCUT2D eigenvalue weighted by molar-refractivity contribution is 7.91. The van der Waals surface area contributed by atoms with Crippen LogP contribution in [0.5, 0.6) is 0 Å². The first-order valence-corrected chi connectivity index (χ1v) is 9.70. The lowest BCUT2D eigenvalue weighted by molar-refractivity contribution is -0.153. The highest BCUT2D eigenvalue weighted by Gasteiger charge is 2.39. The van der Waals surface area contributed by atoms with Crippen LogP contribution in [0.3, 0.4) is 0 Å². The fourth-order valence-electron chi connectivity index (χ4n) is 3.10. The molecule has 0 bridgehead atoms. The Hall–Kier alpha value is -1.89. The van der Waals surface area contributed by atoms with Crippen molar-refractivity contribution in [1.29, 1.82) is 0 Å². The molecule has 2 atom stereocenters. The molecule has 1 heterocycles. The number of carbonyl (C=O) groups is 2. The van der Waals surface area contributed by atoms with Crippen LogP contribution in [0.1, 0.15) is 24.5 Å². The molecule has 0 radical (unpaired) electrons. The molecule has 24 heavy (non-hydrogen) atoms. The summed E-state index contributed by atoms with van der Waals surface area (Å²) in [7, 11) is -1.91. The third kappa shape index (κ3) is 4.35. The molecule has 1 fully saturated rings. The van der Waals surface area contributed by atoms with E-state index in [0.29, 0.717) is 6.42 Å². The van der Waals surface area contributed by atoms with E-state index in [1.165, 1.54) is 12.0 Å². The molecule has 0 saturated carbocycles. The maximum atomic E-state index is 12.8. The van der Waals surface area contributed by atoms with Crippen LogP contribution in [0.2, 0.25) is 0 Å². The molecule has 0 unspecified atom stereocenters. The van der Waals surface area contributed by atoms with Gasteiger partial charge in [-0.15, -0.1) is 0 Å². The minimum absolute atomic E-state index is 0.0415. The number of benzene rings is 1. The van der Waals surface area contributed by atoms with Gasteiger partial charge in [-0.1, -0.05) is 29.8 Å². The molecule has 0 N–H and O–H groups in total. The predicted molar refractivity (Wildman–Crippen MR) is 90.3 cm³/mol. The molecule has 2 rings (SSSR count). The van der Waals surface area contributed by atoms with Gasteiger partial charge in [-0.25, -0.2) is 13.2 Å². The second-order valence-electron chi connectivity index (χ2n) is 6.22. The Labute approximate surface area is 142 Å². The van der Waals surface area contributed by atoms with Crippen LogP contribution in [-0.2, 0) is 30.6 Å². The summed E-state index contributed by atoms with van der Waals surface area (Å²) in [4.78, 5) is 26.1. The molecule has 1 aliphatic heterocycles. The van der Waals surface area contributed by atoms with Crippen molar-refractivity contribution in [2.45, 2.75) is 38.8 Å². The van der Waals surface area contributed by atoms with Gasteiger partial charge in [0.25, 0.3) is 0 Å². The number of aryl methyl sites for hydroxylation is 1. The molecule has 1 aliphatic rings. The monoisotopic (exact) mass is 353 g/mol. The molecule has 0 aromatic heterocycles. The van der Waals surface area contributed by atoms with Crippen molar-refractivity contribution in [1.82, 2.24) is 4.90 Å². The number of esters is 1. The zero-order chi connectivity index (χ0) is 17.9. The standard InChI is InChI=1S/C17H23NO5S/c1-12-5-4-6-14(9-12)10-16(19)18(13(2)17(20)23-3)15-7-8-24(21,22)11-15/h4-6,9,13,15H,7-8,10-11H2,1-3H3/t13-,15-/m1/s1. The molecule has 1 aromatic rings. The van der Waals surface area contributed by atoms with E-state index in [1.807, 2.05) is 31.2 Å². The maximum absolute atomic E-state index is 12.8. The van der Waals surface area contributed by atoms with E-state index in [0.717, 1.165) is 11.1 Å². The Bertz CT molecular complexity index is 728. The fraction of sp³-hybridized carbons (Fsp3) is 0.529. The third-order valence-corrected chi connectivity index (χ3v) is 6.04. The number of sulfone groups is 1. The van der Waals surface area contributed by atoms with Gasteiger partial charge in [-0.2, -0.15) is 0 Å². The second kappa shape index (κ2) is 7.34. The summed E-state index contributed by atoms with van der Waals surface area (Å²) in [5, 5.41) is 0. The van der Waals surface area contributed by atoms with Crippen molar-refractivity contribution in [3.8, 4) is 0 Å². The lowest BCUT2D eigenvalue weighted by Crippen LogP contribution is -2.50. The van der Waals surface area contributed by atoms with Crippen LogP contribution in [0.15, 0.2) is 24.3 Å². The minimum atomic E-state index is -3.17. The van der Waals surface area contributed by atoms with E-state index in [9.17, 15) is 18.0 Å². The smallest absolute Gasteiger partial charge is 0.328 e. The number of hydrogen-bond donors (Lipinski definition) is 0. The van der Waals surface area contributed by atoms with E-state index < -0.39 is 27.9 Å². The molecule has 0 aliphatic carbocycles. The van der Waals surface area contributed by atoms with E-state index in [1.54, 1.807) is 6.92 Å². The Balaban J connectivity index is 2.24. The molecule has 0 spiro atoms. The van der Waals surface area contributed by atoms with Crippen LogP contribution < -0.4 is 0 Å². The second-order valence-corrected chi connectivity index (χ2v) is 8.45. The number of rotatable bonds is 5. The van der Waals surface area contributed by atoms with Gasteiger partial charge in [0.2, 0.25) is 5.91 Å². The van der Waals surface area contributed by atoms with Gasteiger partial charge in [0.15, 0.2) is 9.84 Å². The Morgan fingerprint density at radius 3 is 2.62 bits per heavy atom. The molecule has 7 heteroatoms. The summed E-state index contributed by atoms with van der Waals surface area (Å²) in [6.45, 7) is 3.51. The first-order chi connectivity index (χ1) is 11.2. The first-order valence-electron chi connectivity index (χ1n) is 7.88. The van der Waals surface area contributed by atoms with Gasteiger partial charge < -0.3 is 9.64 Å². The van der Waals surface area contributed by atoms with Crippen molar-refractivity contribution in [3.05, 3.63) is 35.4 Å². The van der Waals surface area contributed by atoms with Crippen LogP contribution in [0.25, 0.3) is 0 Å². The predicted octanol–water partition coefficient (Wildman–Crippen LogP) is 1.11. The van der Waals surface area contributed by atoms with Gasteiger partial charge >= 0.3 is 5.97 Å². The number of methoxy groups -OCH3 is 1. The molecular formula is C17H23NO5S. The summed E-state index contributed by atoms with van der Waals surface area (Å²) < 4.78 is 28.3. The zero-order valence-corrected chi connectivity index (χ0v) is 15.0. The van der Waals surface area contributed by atoms with Gasteiger partial charge in [0.1, 0.15) is 6.04 Å². The van der Waals surface area contributed by atoms with E-state index in [4.69, 9.17) is 4.74 Å². The first kappa shape index (κ1) is 18.4. The van der Waals surface area contributed by atoms with E-state index >= 15 is 0 Å². The number of hydrogen-bond acceptors (Lipinski definition) is 5. The van der Waals surface area contributed by atoms with E-state index in [-0.39, 0.29) is 23.8 Å². The normalized spacial score (nSPS) is 20.4. The van der Waals surface area contributed by atoms with Crippen molar-refractivity contribution < 1.29 is 22.7 Å². The quantitative estimate of drug-likeness (QED) is 0.741. The maximum Gasteiger partial charge on any atom is 0.328 e. The zero-order valence-electron chi connectivity index (χ0n) is 14.2. The highest BCUT2D eigenvalue weighted by atomic mass is 32.2. The van der Waals surface area contributed by atoms with Gasteiger partial charge in [-0.05, 0) is 25.8 Å². The Morgan fingerprint density at radius 1 is 1.38 bits per heavy atom. The molecule has 6 nitrogen and oxygen atoms in total. The number of nitrogens with zero attached hydrogens (tertiary/aromatic N) is 1. The van der Waals surface area contributed by atoms with Crippen LogP contribution in [0, 0.1) is 6.92 Å². The van der Waals surface area contributed by atoms with Gasteiger partial charge in [0.05, 0.1) is 25.0 Å². The van der Waals surface area contributed by atoms with Crippen LogP contribution in [-0.4, -0.2) is 55.9 Å².